The summed E-state index contributed by atoms with van der Waals surface area (Å²) in [5.41, 5.74) is -0.147. The molecule has 1 rings (SSSR count). The number of hydrogen-bond donors (Lipinski definition) is 1. The highest BCUT2D eigenvalue weighted by Gasteiger charge is 2.15. The molecule has 0 aliphatic heterocycles. The molecular formula is C15H28N2. The number of rotatable bonds is 8. The highest BCUT2D eigenvalue weighted by Crippen LogP contribution is 2.28. The van der Waals surface area contributed by atoms with Crippen LogP contribution in [0.5, 0.6) is 0 Å². The van der Waals surface area contributed by atoms with E-state index in [1.165, 1.54) is 38.5 Å². The van der Waals surface area contributed by atoms with Crippen molar-refractivity contribution in [1.29, 1.82) is 5.26 Å². The zero-order valence-corrected chi connectivity index (χ0v) is 11.6. The average molecular weight is 236 g/mol. The molecule has 0 radical (unpaired) electrons. The quantitative estimate of drug-likeness (QED) is 0.649. The fourth-order valence-electron chi connectivity index (χ4n) is 2.65. The van der Waals surface area contributed by atoms with Crippen LogP contribution in [-0.2, 0) is 0 Å². The van der Waals surface area contributed by atoms with E-state index >= 15 is 0 Å². The third kappa shape index (κ3) is 6.68. The first kappa shape index (κ1) is 14.5. The molecule has 1 N–H and O–H groups in total. The van der Waals surface area contributed by atoms with Crippen LogP contribution in [-0.4, -0.2) is 13.1 Å². The lowest BCUT2D eigenvalue weighted by molar-refractivity contribution is 0.419. The van der Waals surface area contributed by atoms with Crippen LogP contribution in [0, 0.1) is 22.7 Å². The normalized spacial score (nSPS) is 17.2. The fourth-order valence-corrected chi connectivity index (χ4v) is 2.65. The van der Waals surface area contributed by atoms with Crippen LogP contribution in [0.1, 0.15) is 65.2 Å². The minimum Gasteiger partial charge on any atom is -0.317 e. The van der Waals surface area contributed by atoms with E-state index < -0.39 is 0 Å². The molecule has 0 atom stereocenters. The maximum Gasteiger partial charge on any atom is 0.0683 e. The summed E-state index contributed by atoms with van der Waals surface area (Å²) in [4.78, 5) is 0. The molecule has 0 aromatic rings. The van der Waals surface area contributed by atoms with Gasteiger partial charge in [-0.3, -0.25) is 0 Å². The van der Waals surface area contributed by atoms with Crippen LogP contribution < -0.4 is 5.32 Å². The molecule has 1 aliphatic carbocycles. The number of nitriles is 1. The molecule has 17 heavy (non-hydrogen) atoms. The van der Waals surface area contributed by atoms with Crippen molar-refractivity contribution in [3.63, 3.8) is 0 Å². The van der Waals surface area contributed by atoms with E-state index in [4.69, 9.17) is 5.26 Å². The maximum atomic E-state index is 8.89. The Morgan fingerprint density at radius 3 is 2.47 bits per heavy atom. The van der Waals surface area contributed by atoms with Crippen LogP contribution in [0.4, 0.5) is 0 Å². The van der Waals surface area contributed by atoms with Gasteiger partial charge < -0.3 is 5.32 Å². The number of nitrogens with one attached hydrogen (secondary N) is 1. The van der Waals surface area contributed by atoms with E-state index in [2.05, 4.69) is 11.4 Å². The summed E-state index contributed by atoms with van der Waals surface area (Å²) in [6, 6.07) is 2.35. The standard InChI is InChI=1S/C15H28N2/c1-15(2,13-16)10-6-12-17-11-5-9-14-7-3-4-8-14/h14,17H,3-12H2,1-2H3. The molecule has 0 saturated heterocycles. The van der Waals surface area contributed by atoms with Gasteiger partial charge in [-0.15, -0.1) is 0 Å². The molecule has 0 bridgehead atoms. The molecule has 0 aromatic heterocycles. The monoisotopic (exact) mass is 236 g/mol. The molecule has 1 saturated carbocycles. The summed E-state index contributed by atoms with van der Waals surface area (Å²) >= 11 is 0. The minimum absolute atomic E-state index is 0.147. The number of nitrogens with zero attached hydrogens (tertiary/aromatic N) is 1. The third-order valence-electron chi connectivity index (χ3n) is 3.90. The molecule has 0 spiro atoms. The van der Waals surface area contributed by atoms with Gasteiger partial charge in [-0.05, 0) is 58.5 Å². The van der Waals surface area contributed by atoms with Crippen molar-refractivity contribution in [3.8, 4) is 6.07 Å². The molecule has 1 aliphatic rings. The van der Waals surface area contributed by atoms with E-state index in [0.29, 0.717) is 0 Å². The Labute approximate surface area is 107 Å². The second kappa shape index (κ2) is 7.71. The van der Waals surface area contributed by atoms with Crippen molar-refractivity contribution in [2.24, 2.45) is 11.3 Å². The lowest BCUT2D eigenvalue weighted by Gasteiger charge is -2.14. The van der Waals surface area contributed by atoms with E-state index in [1.807, 2.05) is 13.8 Å². The Bertz CT molecular complexity index is 234. The Balaban J connectivity index is 1.86. The van der Waals surface area contributed by atoms with Gasteiger partial charge in [0, 0.05) is 0 Å². The summed E-state index contributed by atoms with van der Waals surface area (Å²) < 4.78 is 0. The Hall–Kier alpha value is -0.550. The molecule has 2 heteroatoms. The van der Waals surface area contributed by atoms with Crippen molar-refractivity contribution in [2.75, 3.05) is 13.1 Å². The Morgan fingerprint density at radius 1 is 1.18 bits per heavy atom. The molecule has 98 valence electrons. The summed E-state index contributed by atoms with van der Waals surface area (Å²) in [5, 5.41) is 12.4. The van der Waals surface area contributed by atoms with Crippen LogP contribution in [0.25, 0.3) is 0 Å². The molecular weight excluding hydrogens is 208 g/mol. The van der Waals surface area contributed by atoms with Crippen LogP contribution in [0.15, 0.2) is 0 Å². The van der Waals surface area contributed by atoms with Gasteiger partial charge in [0.2, 0.25) is 0 Å². The Kier molecular flexibility index (Phi) is 6.58. The molecule has 0 amide bonds. The van der Waals surface area contributed by atoms with Gasteiger partial charge in [-0.25, -0.2) is 0 Å². The predicted molar refractivity (Wildman–Crippen MR) is 72.7 cm³/mol. The van der Waals surface area contributed by atoms with Crippen molar-refractivity contribution < 1.29 is 0 Å². The molecule has 2 nitrogen and oxygen atoms in total. The second-order valence-electron chi connectivity index (χ2n) is 6.14. The zero-order valence-electron chi connectivity index (χ0n) is 11.6. The summed E-state index contributed by atoms with van der Waals surface area (Å²) in [6.45, 7) is 6.26. The lowest BCUT2D eigenvalue weighted by Crippen LogP contribution is -2.19. The van der Waals surface area contributed by atoms with Gasteiger partial charge in [-0.2, -0.15) is 5.26 Å². The van der Waals surface area contributed by atoms with E-state index in [1.54, 1.807) is 0 Å². The Morgan fingerprint density at radius 2 is 1.82 bits per heavy atom. The summed E-state index contributed by atoms with van der Waals surface area (Å²) in [5.74, 6) is 1.02. The van der Waals surface area contributed by atoms with Crippen molar-refractivity contribution in [1.82, 2.24) is 5.32 Å². The van der Waals surface area contributed by atoms with Gasteiger partial charge in [0.05, 0.1) is 11.5 Å². The van der Waals surface area contributed by atoms with Gasteiger partial charge >= 0.3 is 0 Å². The zero-order chi connectivity index (χ0) is 12.6. The smallest absolute Gasteiger partial charge is 0.0683 e. The van der Waals surface area contributed by atoms with Crippen molar-refractivity contribution in [3.05, 3.63) is 0 Å². The first-order valence-electron chi connectivity index (χ1n) is 7.26. The van der Waals surface area contributed by atoms with Crippen LogP contribution in [0.2, 0.25) is 0 Å². The molecule has 0 heterocycles. The van der Waals surface area contributed by atoms with Crippen LogP contribution >= 0.6 is 0 Å². The van der Waals surface area contributed by atoms with Crippen LogP contribution in [0.3, 0.4) is 0 Å². The molecule has 0 unspecified atom stereocenters. The predicted octanol–water partition coefficient (Wildman–Crippen LogP) is 3.88. The van der Waals surface area contributed by atoms with Crippen molar-refractivity contribution in [2.45, 2.75) is 65.2 Å². The SMILES string of the molecule is CC(C)(C#N)CCCNCCCC1CCCC1. The second-order valence-corrected chi connectivity index (χ2v) is 6.14. The lowest BCUT2D eigenvalue weighted by atomic mass is 9.90. The summed E-state index contributed by atoms with van der Waals surface area (Å²) in [6.07, 6.45) is 10.7. The average Bonchev–Trinajstić information content (AvgIpc) is 2.81. The maximum absolute atomic E-state index is 8.89. The van der Waals surface area contributed by atoms with Gasteiger partial charge in [0.25, 0.3) is 0 Å². The van der Waals surface area contributed by atoms with E-state index in [-0.39, 0.29) is 5.41 Å². The molecule has 0 aromatic carbocycles. The number of hydrogen-bond acceptors (Lipinski definition) is 2. The van der Waals surface area contributed by atoms with Gasteiger partial charge in [0.15, 0.2) is 0 Å². The van der Waals surface area contributed by atoms with Crippen molar-refractivity contribution >= 4 is 0 Å². The van der Waals surface area contributed by atoms with E-state index in [0.717, 1.165) is 31.8 Å². The minimum atomic E-state index is -0.147. The highest BCUT2D eigenvalue weighted by atomic mass is 14.8. The van der Waals surface area contributed by atoms with E-state index in [9.17, 15) is 0 Å². The van der Waals surface area contributed by atoms with Gasteiger partial charge in [0.1, 0.15) is 0 Å². The third-order valence-corrected chi connectivity index (χ3v) is 3.90. The topological polar surface area (TPSA) is 35.8 Å². The largest absolute Gasteiger partial charge is 0.317 e. The summed E-state index contributed by atoms with van der Waals surface area (Å²) in [7, 11) is 0. The molecule has 1 fully saturated rings. The highest BCUT2D eigenvalue weighted by molar-refractivity contribution is 4.91. The fraction of sp³-hybridized carbons (Fsp3) is 0.933. The first-order chi connectivity index (χ1) is 8.14. The van der Waals surface area contributed by atoms with Gasteiger partial charge in [-0.1, -0.05) is 25.7 Å². The first-order valence-corrected chi connectivity index (χ1v) is 7.26.